The normalized spacial score (nSPS) is 13.2. The van der Waals surface area contributed by atoms with Crippen molar-refractivity contribution >= 4 is 76.1 Å². The molecule has 6 rings (SSSR count). The summed E-state index contributed by atoms with van der Waals surface area (Å²) in [5.41, 5.74) is 5.12. The molecule has 5 aromatic carbocycles. The Balaban J connectivity index is 1.28. The summed E-state index contributed by atoms with van der Waals surface area (Å²) in [6, 6.07) is 36.6. The van der Waals surface area contributed by atoms with Gasteiger partial charge in [0.2, 0.25) is 35.8 Å². The summed E-state index contributed by atoms with van der Waals surface area (Å²) in [5.74, 6) is -8.75. The van der Waals surface area contributed by atoms with Gasteiger partial charge in [-0.05, 0) is 78.2 Å². The molecule has 400 valence electrons. The molecule has 0 aliphatic heterocycles. The summed E-state index contributed by atoms with van der Waals surface area (Å²) < 4.78 is 10.6. The number of carbonyl (C=O) groups excluding carboxylic acids is 8. The Morgan fingerprint density at radius 1 is 0.545 bits per heavy atom. The van der Waals surface area contributed by atoms with Crippen LogP contribution < -0.4 is 31.5 Å². The van der Waals surface area contributed by atoms with Crippen LogP contribution >= 0.6 is 11.3 Å². The topological polar surface area (TPSA) is 256 Å². The maximum atomic E-state index is 14.7. The van der Waals surface area contributed by atoms with E-state index < -0.39 is 96.3 Å². The van der Waals surface area contributed by atoms with Crippen molar-refractivity contribution in [2.75, 3.05) is 16.8 Å². The second kappa shape index (κ2) is 27.5. The fourth-order valence-electron chi connectivity index (χ4n) is 8.21. The van der Waals surface area contributed by atoms with Gasteiger partial charge in [-0.2, -0.15) is 0 Å². The van der Waals surface area contributed by atoms with Gasteiger partial charge in [0.25, 0.3) is 11.8 Å². The standard InChI is InChI=1S/C58H60N6O12S/c1-35-22-28-44(29-23-35)60-56(71)51(75-38(4)65)52(76-39(5)66)57(72)62-47(33-45-20-14-30-77-45)55(70)61-46(31-41-24-26-43(27-25-41)42-18-10-7-11-19-42)54(69)59-34-50(67)64(49-21-13-12-15-36(49)2)37(3)53(68)63-48(58(73)74)32-40-16-8-6-9-17-40/h6-30,37,46-48,51-52H,31-34H2,1-5H3,(H,59,69)(H,60,71)(H,61,70)(H,62,72)(H,63,68)(H,73,74)/t37-,46-,47+,48+,51-,52?/m1/s1. The molecular formula is C58H60N6O12S. The number of hydrogen-bond donors (Lipinski definition) is 6. The second-order valence-corrected chi connectivity index (χ2v) is 19.2. The molecule has 0 fully saturated rings. The van der Waals surface area contributed by atoms with Crippen LogP contribution in [0.5, 0.6) is 0 Å². The van der Waals surface area contributed by atoms with Gasteiger partial charge in [0.1, 0.15) is 24.2 Å². The molecule has 0 saturated carbocycles. The van der Waals surface area contributed by atoms with Gasteiger partial charge >= 0.3 is 17.9 Å². The maximum absolute atomic E-state index is 14.7. The fraction of sp³-hybridized carbons (Fsp3) is 0.259. The summed E-state index contributed by atoms with van der Waals surface area (Å²) in [4.78, 5) is 125. The molecule has 0 spiro atoms. The van der Waals surface area contributed by atoms with Crippen molar-refractivity contribution in [3.63, 3.8) is 0 Å². The molecule has 0 aliphatic carbocycles. The first-order valence-corrected chi connectivity index (χ1v) is 25.5. The third-order valence-electron chi connectivity index (χ3n) is 12.2. The summed E-state index contributed by atoms with van der Waals surface area (Å²) in [5, 5.41) is 24.9. The summed E-state index contributed by atoms with van der Waals surface area (Å²) in [6.45, 7) is 6.27. The molecule has 6 aromatic rings. The largest absolute Gasteiger partial charge is 0.480 e. The Labute approximate surface area is 449 Å². The van der Waals surface area contributed by atoms with Gasteiger partial charge in [0, 0.05) is 49.4 Å². The van der Waals surface area contributed by atoms with Crippen molar-refractivity contribution in [1.82, 2.24) is 21.3 Å². The maximum Gasteiger partial charge on any atom is 0.326 e. The monoisotopic (exact) mass is 1060 g/mol. The van der Waals surface area contributed by atoms with Crippen molar-refractivity contribution in [2.45, 2.75) is 90.3 Å². The van der Waals surface area contributed by atoms with E-state index in [9.17, 15) is 48.3 Å². The van der Waals surface area contributed by atoms with Crippen LogP contribution in [0.3, 0.4) is 0 Å². The Bertz CT molecular complexity index is 3030. The van der Waals surface area contributed by atoms with E-state index in [1.54, 1.807) is 115 Å². The van der Waals surface area contributed by atoms with Crippen molar-refractivity contribution < 1.29 is 57.7 Å². The van der Waals surface area contributed by atoms with E-state index in [-0.39, 0.29) is 24.9 Å². The van der Waals surface area contributed by atoms with Crippen LogP contribution in [0, 0.1) is 13.8 Å². The number of thiophene rings is 1. The zero-order chi connectivity index (χ0) is 55.6. The lowest BCUT2D eigenvalue weighted by Crippen LogP contribution is -2.59. The van der Waals surface area contributed by atoms with Crippen LogP contribution in [-0.2, 0) is 71.9 Å². The number of ether oxygens (including phenoxy) is 2. The Morgan fingerprint density at radius 2 is 1.08 bits per heavy atom. The number of carboxylic acid groups (broad SMARTS) is 1. The minimum atomic E-state index is -2.10. The average molecular weight is 1070 g/mol. The van der Waals surface area contributed by atoms with Crippen LogP contribution in [0.1, 0.15) is 47.9 Å². The van der Waals surface area contributed by atoms with Gasteiger partial charge in [-0.1, -0.05) is 127 Å². The van der Waals surface area contributed by atoms with Gasteiger partial charge in [-0.25, -0.2) is 4.79 Å². The molecule has 0 saturated heterocycles. The highest BCUT2D eigenvalue weighted by molar-refractivity contribution is 7.09. The first-order chi connectivity index (χ1) is 36.9. The highest BCUT2D eigenvalue weighted by Crippen LogP contribution is 2.24. The van der Waals surface area contributed by atoms with Crippen LogP contribution in [-0.4, -0.2) is 101 Å². The van der Waals surface area contributed by atoms with Gasteiger partial charge in [-0.15, -0.1) is 11.3 Å². The van der Waals surface area contributed by atoms with Gasteiger partial charge in [0.05, 0.1) is 6.54 Å². The fourth-order valence-corrected chi connectivity index (χ4v) is 8.96. The molecule has 77 heavy (non-hydrogen) atoms. The lowest BCUT2D eigenvalue weighted by atomic mass is 10.00. The number of hydrogen-bond acceptors (Lipinski definition) is 12. The third-order valence-corrected chi connectivity index (χ3v) is 13.1. The number of esters is 2. The van der Waals surface area contributed by atoms with Gasteiger partial charge < -0.3 is 41.2 Å². The van der Waals surface area contributed by atoms with E-state index in [0.29, 0.717) is 27.3 Å². The Hall–Kier alpha value is -8.97. The van der Waals surface area contributed by atoms with Gasteiger partial charge in [-0.3, -0.25) is 43.3 Å². The third kappa shape index (κ3) is 16.8. The van der Waals surface area contributed by atoms with Crippen molar-refractivity contribution in [1.29, 1.82) is 0 Å². The molecule has 6 atom stereocenters. The van der Waals surface area contributed by atoms with E-state index >= 15 is 0 Å². The number of carboxylic acids is 1. The number of nitrogens with one attached hydrogen (secondary N) is 5. The minimum absolute atomic E-state index is 0.0315. The average Bonchev–Trinajstić information content (AvgIpc) is 3.93. The van der Waals surface area contributed by atoms with Crippen LogP contribution in [0.2, 0.25) is 0 Å². The van der Waals surface area contributed by atoms with E-state index in [0.717, 1.165) is 30.5 Å². The lowest BCUT2D eigenvalue weighted by Gasteiger charge is -2.31. The highest BCUT2D eigenvalue weighted by Gasteiger charge is 2.41. The first-order valence-electron chi connectivity index (χ1n) is 24.6. The number of amides is 6. The molecule has 19 heteroatoms. The summed E-state index contributed by atoms with van der Waals surface area (Å²) in [6.07, 6.45) is -4.46. The lowest BCUT2D eigenvalue weighted by molar-refractivity contribution is -0.173. The molecule has 6 amide bonds. The Morgan fingerprint density at radius 3 is 1.68 bits per heavy atom. The van der Waals surface area contributed by atoms with Crippen LogP contribution in [0.25, 0.3) is 11.1 Å². The Kier molecular flexibility index (Phi) is 20.5. The molecule has 18 nitrogen and oxygen atoms in total. The van der Waals surface area contributed by atoms with Crippen molar-refractivity contribution in [3.8, 4) is 11.1 Å². The molecular weight excluding hydrogens is 1000 g/mol. The smallest absolute Gasteiger partial charge is 0.326 e. The zero-order valence-corrected chi connectivity index (χ0v) is 43.8. The first kappa shape index (κ1) is 57.3. The molecule has 0 radical (unpaired) electrons. The molecule has 1 unspecified atom stereocenters. The quantitative estimate of drug-likeness (QED) is 0.0403. The second-order valence-electron chi connectivity index (χ2n) is 18.1. The van der Waals surface area contributed by atoms with Crippen molar-refractivity contribution in [2.24, 2.45) is 0 Å². The summed E-state index contributed by atoms with van der Waals surface area (Å²) >= 11 is 1.26. The van der Waals surface area contributed by atoms with E-state index in [1.165, 1.54) is 23.2 Å². The molecule has 1 heterocycles. The van der Waals surface area contributed by atoms with Crippen LogP contribution in [0.15, 0.2) is 151 Å². The predicted octanol–water partition coefficient (Wildman–Crippen LogP) is 5.64. The number of carbonyl (C=O) groups is 9. The molecule has 6 N–H and O–H groups in total. The number of rotatable bonds is 24. The molecule has 1 aromatic heterocycles. The van der Waals surface area contributed by atoms with Gasteiger partial charge in [0.15, 0.2) is 0 Å². The predicted molar refractivity (Wildman–Crippen MR) is 289 cm³/mol. The highest BCUT2D eigenvalue weighted by atomic mass is 32.1. The number of aliphatic carboxylic acids is 1. The SMILES string of the molecule is CC(=O)OC(C(=O)N[C@@H](Cc1cccs1)C(=O)N[C@H](Cc1ccc(-c2ccccc2)cc1)C(=O)NCC(=O)N(c1ccccc1C)[C@H](C)C(=O)N[C@@H](Cc1ccccc1)C(=O)O)[C@@H](OC(C)=O)C(=O)Nc1ccc(C)cc1. The van der Waals surface area contributed by atoms with E-state index in [2.05, 4.69) is 26.6 Å². The molecule has 0 bridgehead atoms. The minimum Gasteiger partial charge on any atom is -0.480 e. The zero-order valence-electron chi connectivity index (χ0n) is 43.0. The number of aryl methyl sites for hydroxylation is 2. The number of nitrogens with zero attached hydrogens (tertiary/aromatic N) is 1. The summed E-state index contributed by atoms with van der Waals surface area (Å²) in [7, 11) is 0. The van der Waals surface area contributed by atoms with E-state index in [4.69, 9.17) is 9.47 Å². The number of benzene rings is 5. The van der Waals surface area contributed by atoms with Crippen molar-refractivity contribution in [3.05, 3.63) is 178 Å². The molecule has 0 aliphatic rings. The van der Waals surface area contributed by atoms with Crippen LogP contribution in [0.4, 0.5) is 11.4 Å². The number of anilines is 2. The number of para-hydroxylation sites is 1. The van der Waals surface area contributed by atoms with E-state index in [1.807, 2.05) is 49.4 Å².